The Labute approximate surface area is 99.2 Å². The number of carbonyl (C=O) groups excluding carboxylic acids is 1. The summed E-state index contributed by atoms with van der Waals surface area (Å²) in [4.78, 5) is 26.2. The molecule has 1 amide bonds. The molecule has 2 rings (SSSR count). The normalized spacial score (nSPS) is 28.0. The largest absolute Gasteiger partial charge is 0.376 e. The lowest BCUT2D eigenvalue weighted by Crippen LogP contribution is -2.51. The van der Waals surface area contributed by atoms with Gasteiger partial charge in [-0.25, -0.2) is 0 Å². The first-order valence-electron chi connectivity index (χ1n) is 5.64. The fourth-order valence-electron chi connectivity index (χ4n) is 1.92. The van der Waals surface area contributed by atoms with Crippen LogP contribution in [0, 0.1) is 0 Å². The van der Waals surface area contributed by atoms with Crippen molar-refractivity contribution in [3.8, 4) is 0 Å². The Bertz CT molecular complexity index is 483. The van der Waals surface area contributed by atoms with Gasteiger partial charge in [0.05, 0.1) is 11.6 Å². The number of amides is 1. The molecular weight excluding hydrogens is 220 g/mol. The van der Waals surface area contributed by atoms with Crippen molar-refractivity contribution in [1.82, 2.24) is 10.3 Å². The zero-order valence-electron chi connectivity index (χ0n) is 9.95. The van der Waals surface area contributed by atoms with Crippen LogP contribution in [0.25, 0.3) is 0 Å². The van der Waals surface area contributed by atoms with Crippen molar-refractivity contribution in [1.29, 1.82) is 0 Å². The predicted molar refractivity (Wildman–Crippen MR) is 63.0 cm³/mol. The molecule has 1 aromatic rings. The molecule has 0 saturated carbocycles. The first kappa shape index (κ1) is 11.9. The van der Waals surface area contributed by atoms with Gasteiger partial charge in [-0.15, -0.1) is 0 Å². The van der Waals surface area contributed by atoms with Crippen LogP contribution in [0.4, 0.5) is 0 Å². The van der Waals surface area contributed by atoms with E-state index in [1.54, 1.807) is 0 Å². The number of hydrogen-bond acceptors (Lipinski definition) is 3. The van der Waals surface area contributed by atoms with Crippen LogP contribution >= 0.6 is 0 Å². The summed E-state index contributed by atoms with van der Waals surface area (Å²) in [5, 5.41) is 2.88. The van der Waals surface area contributed by atoms with Gasteiger partial charge in [-0.05, 0) is 20.3 Å². The van der Waals surface area contributed by atoms with Gasteiger partial charge in [-0.3, -0.25) is 9.59 Å². The average Bonchev–Trinajstić information content (AvgIpc) is 2.59. The van der Waals surface area contributed by atoms with Crippen LogP contribution in [0.5, 0.6) is 0 Å². The second kappa shape index (κ2) is 4.33. The van der Waals surface area contributed by atoms with E-state index in [1.165, 1.54) is 18.5 Å². The molecule has 0 radical (unpaired) electrons. The molecule has 0 spiro atoms. The van der Waals surface area contributed by atoms with E-state index in [4.69, 9.17) is 4.74 Å². The van der Waals surface area contributed by atoms with Crippen LogP contribution < -0.4 is 10.7 Å². The van der Waals surface area contributed by atoms with E-state index in [0.717, 1.165) is 6.42 Å². The van der Waals surface area contributed by atoms with Crippen molar-refractivity contribution in [3.05, 3.63) is 34.2 Å². The number of ether oxygens (including phenoxy) is 1. The maximum absolute atomic E-state index is 12.0. The van der Waals surface area contributed by atoms with Crippen LogP contribution in [0.2, 0.25) is 0 Å². The van der Waals surface area contributed by atoms with Gasteiger partial charge in [0, 0.05) is 25.1 Å². The Morgan fingerprint density at radius 3 is 3.00 bits per heavy atom. The minimum Gasteiger partial charge on any atom is -0.376 e. The van der Waals surface area contributed by atoms with Crippen LogP contribution in [0.3, 0.4) is 0 Å². The van der Waals surface area contributed by atoms with E-state index < -0.39 is 5.54 Å². The minimum atomic E-state index is -0.403. The molecule has 5 nitrogen and oxygen atoms in total. The van der Waals surface area contributed by atoms with E-state index in [2.05, 4.69) is 10.3 Å². The first-order valence-corrected chi connectivity index (χ1v) is 5.64. The summed E-state index contributed by atoms with van der Waals surface area (Å²) in [6.07, 6.45) is 3.63. The smallest absolute Gasteiger partial charge is 0.257 e. The second-order valence-electron chi connectivity index (χ2n) is 4.56. The van der Waals surface area contributed by atoms with Gasteiger partial charge in [0.1, 0.15) is 5.56 Å². The molecule has 2 heterocycles. The maximum atomic E-state index is 12.0. The summed E-state index contributed by atoms with van der Waals surface area (Å²) >= 11 is 0. The predicted octanol–water partition coefficient (Wildman–Crippen LogP) is 0.672. The summed E-state index contributed by atoms with van der Waals surface area (Å²) in [7, 11) is 0. The van der Waals surface area contributed by atoms with Crippen molar-refractivity contribution >= 4 is 5.91 Å². The third-order valence-corrected chi connectivity index (χ3v) is 3.35. The van der Waals surface area contributed by atoms with Gasteiger partial charge in [0.15, 0.2) is 5.43 Å². The van der Waals surface area contributed by atoms with Crippen molar-refractivity contribution in [2.75, 3.05) is 6.61 Å². The Balaban J connectivity index is 2.18. The zero-order chi connectivity index (χ0) is 12.5. The fourth-order valence-corrected chi connectivity index (χ4v) is 1.92. The molecule has 92 valence electrons. The molecule has 1 aromatic heterocycles. The zero-order valence-corrected chi connectivity index (χ0v) is 9.95. The number of aromatic nitrogens is 1. The highest BCUT2D eigenvalue weighted by molar-refractivity contribution is 5.94. The van der Waals surface area contributed by atoms with Crippen LogP contribution in [-0.2, 0) is 4.74 Å². The number of rotatable bonds is 2. The molecule has 1 aliphatic rings. The van der Waals surface area contributed by atoms with Crippen molar-refractivity contribution in [2.45, 2.75) is 31.9 Å². The van der Waals surface area contributed by atoms with Gasteiger partial charge < -0.3 is 15.0 Å². The molecule has 1 saturated heterocycles. The molecule has 0 aromatic carbocycles. The van der Waals surface area contributed by atoms with E-state index in [9.17, 15) is 9.59 Å². The minimum absolute atomic E-state index is 0.0470. The molecule has 2 atom stereocenters. The number of pyridine rings is 1. The SMILES string of the molecule is CC1OCCC1(C)NC(=O)c1c[nH]ccc1=O. The lowest BCUT2D eigenvalue weighted by Gasteiger charge is -2.28. The molecule has 1 aliphatic heterocycles. The van der Waals surface area contributed by atoms with Gasteiger partial charge in [0.25, 0.3) is 5.91 Å². The van der Waals surface area contributed by atoms with Gasteiger partial charge in [0.2, 0.25) is 0 Å². The summed E-state index contributed by atoms with van der Waals surface area (Å²) < 4.78 is 5.43. The van der Waals surface area contributed by atoms with Gasteiger partial charge in [-0.2, -0.15) is 0 Å². The highest BCUT2D eigenvalue weighted by atomic mass is 16.5. The number of carbonyl (C=O) groups is 1. The Morgan fingerprint density at radius 1 is 1.65 bits per heavy atom. The van der Waals surface area contributed by atoms with Gasteiger partial charge in [-0.1, -0.05) is 0 Å². The Hall–Kier alpha value is -1.62. The summed E-state index contributed by atoms with van der Waals surface area (Å²) in [6, 6.07) is 1.34. The maximum Gasteiger partial charge on any atom is 0.257 e. The number of aromatic amines is 1. The number of hydrogen-bond donors (Lipinski definition) is 2. The summed E-state index contributed by atoms with van der Waals surface area (Å²) in [6.45, 7) is 4.48. The summed E-state index contributed by atoms with van der Waals surface area (Å²) in [5.74, 6) is -0.355. The van der Waals surface area contributed by atoms with Crippen molar-refractivity contribution < 1.29 is 9.53 Å². The summed E-state index contributed by atoms with van der Waals surface area (Å²) in [5.41, 5.74) is -0.552. The van der Waals surface area contributed by atoms with Crippen molar-refractivity contribution in [2.24, 2.45) is 0 Å². The third-order valence-electron chi connectivity index (χ3n) is 3.35. The van der Waals surface area contributed by atoms with Crippen molar-refractivity contribution in [3.63, 3.8) is 0 Å². The molecule has 2 N–H and O–H groups in total. The lowest BCUT2D eigenvalue weighted by molar-refractivity contribution is 0.0726. The monoisotopic (exact) mass is 236 g/mol. The molecule has 1 fully saturated rings. The third kappa shape index (κ3) is 2.24. The van der Waals surface area contributed by atoms with Crippen LogP contribution in [0.1, 0.15) is 30.6 Å². The Kier molecular flexibility index (Phi) is 3.02. The average molecular weight is 236 g/mol. The van der Waals surface area contributed by atoms with E-state index in [0.29, 0.717) is 6.61 Å². The molecule has 17 heavy (non-hydrogen) atoms. The second-order valence-corrected chi connectivity index (χ2v) is 4.56. The van der Waals surface area contributed by atoms with Crippen LogP contribution in [0.15, 0.2) is 23.3 Å². The number of H-pyrrole nitrogens is 1. The number of nitrogens with one attached hydrogen (secondary N) is 2. The molecule has 0 bridgehead atoms. The van der Waals surface area contributed by atoms with Crippen LogP contribution in [-0.4, -0.2) is 29.1 Å². The standard InChI is InChI=1S/C12H16N2O3/c1-8-12(2,4-6-17-8)14-11(16)9-7-13-5-3-10(9)15/h3,5,7-8H,4,6H2,1-2H3,(H,13,15)(H,14,16). The Morgan fingerprint density at radius 2 is 2.41 bits per heavy atom. The first-order chi connectivity index (χ1) is 8.03. The molecule has 2 unspecified atom stereocenters. The highest BCUT2D eigenvalue weighted by Crippen LogP contribution is 2.25. The van der Waals surface area contributed by atoms with E-state index >= 15 is 0 Å². The highest BCUT2D eigenvalue weighted by Gasteiger charge is 2.38. The topological polar surface area (TPSA) is 71.2 Å². The van der Waals surface area contributed by atoms with E-state index in [1.807, 2.05) is 13.8 Å². The quantitative estimate of drug-likeness (QED) is 0.793. The molecule has 5 heteroatoms. The fraction of sp³-hybridized carbons (Fsp3) is 0.500. The lowest BCUT2D eigenvalue weighted by atomic mass is 9.94. The molecule has 0 aliphatic carbocycles. The van der Waals surface area contributed by atoms with Gasteiger partial charge >= 0.3 is 0 Å². The molecular formula is C12H16N2O3. The van der Waals surface area contributed by atoms with E-state index in [-0.39, 0.29) is 23.0 Å².